The largest absolute Gasteiger partial charge is 0.340 e. The SMILES string of the molecule is CC(C(=O)N1CCN(S(=O)(=O)c2ccc3ccccc3c2)CC1)C1CNC1.Cl. The molecule has 0 saturated carbocycles. The summed E-state index contributed by atoms with van der Waals surface area (Å²) in [6.07, 6.45) is 0. The average molecular weight is 424 g/mol. The molecule has 2 aromatic carbocycles. The molecule has 2 aliphatic heterocycles. The normalized spacial score (nSPS) is 19.7. The number of carbonyl (C=O) groups excluding carboxylic acids is 1. The van der Waals surface area contributed by atoms with Gasteiger partial charge in [-0.2, -0.15) is 4.31 Å². The number of nitrogens with one attached hydrogen (secondary N) is 1. The molecule has 0 aliphatic carbocycles. The van der Waals surface area contributed by atoms with Crippen molar-refractivity contribution < 1.29 is 13.2 Å². The van der Waals surface area contributed by atoms with Gasteiger partial charge in [0, 0.05) is 32.1 Å². The second-order valence-corrected chi connectivity index (χ2v) is 9.38. The molecule has 152 valence electrons. The number of rotatable bonds is 4. The van der Waals surface area contributed by atoms with Crippen LogP contribution in [0, 0.1) is 11.8 Å². The zero-order valence-electron chi connectivity index (χ0n) is 15.9. The molecular formula is C20H26ClN3O3S. The van der Waals surface area contributed by atoms with Crippen molar-refractivity contribution in [3.05, 3.63) is 42.5 Å². The molecule has 0 bridgehead atoms. The fourth-order valence-electron chi connectivity index (χ4n) is 3.78. The standard InChI is InChI=1S/C20H25N3O3S.ClH/c1-15(18-13-21-14-18)20(24)22-8-10-23(11-9-22)27(25,26)19-7-6-16-4-2-3-5-17(16)12-19;/h2-7,12,15,18,21H,8-11,13-14H2,1H3;1H. The Balaban J connectivity index is 0.00000225. The number of hydrogen-bond donors (Lipinski definition) is 1. The highest BCUT2D eigenvalue weighted by Crippen LogP contribution is 2.24. The molecule has 0 aromatic heterocycles. The van der Waals surface area contributed by atoms with Crippen molar-refractivity contribution in [1.82, 2.24) is 14.5 Å². The molecule has 2 saturated heterocycles. The molecule has 0 radical (unpaired) electrons. The van der Waals surface area contributed by atoms with Gasteiger partial charge in [0.05, 0.1) is 4.90 Å². The van der Waals surface area contributed by atoms with E-state index in [0.717, 1.165) is 23.9 Å². The quantitative estimate of drug-likeness (QED) is 0.816. The van der Waals surface area contributed by atoms with Crippen LogP contribution in [0.5, 0.6) is 0 Å². The molecule has 28 heavy (non-hydrogen) atoms. The first-order valence-electron chi connectivity index (χ1n) is 9.45. The number of carbonyl (C=O) groups is 1. The molecule has 6 nitrogen and oxygen atoms in total. The number of amides is 1. The van der Waals surface area contributed by atoms with Gasteiger partial charge in [0.1, 0.15) is 0 Å². The summed E-state index contributed by atoms with van der Waals surface area (Å²) in [5.74, 6) is 0.538. The second kappa shape index (κ2) is 8.37. The van der Waals surface area contributed by atoms with Crippen LogP contribution in [0.2, 0.25) is 0 Å². The van der Waals surface area contributed by atoms with Gasteiger partial charge in [-0.25, -0.2) is 8.42 Å². The molecule has 1 unspecified atom stereocenters. The Labute approximate surface area is 172 Å². The number of benzene rings is 2. The molecular weight excluding hydrogens is 398 g/mol. The predicted octanol–water partition coefficient (Wildman–Crippen LogP) is 1.95. The lowest BCUT2D eigenvalue weighted by molar-refractivity contribution is -0.138. The number of fused-ring (bicyclic) bond motifs is 1. The molecule has 1 amide bonds. The van der Waals surface area contributed by atoms with E-state index in [1.54, 1.807) is 12.1 Å². The number of nitrogens with zero attached hydrogens (tertiary/aromatic N) is 2. The van der Waals surface area contributed by atoms with Crippen LogP contribution >= 0.6 is 12.4 Å². The Kier molecular flexibility index (Phi) is 6.29. The lowest BCUT2D eigenvalue weighted by Crippen LogP contribution is -2.55. The van der Waals surface area contributed by atoms with Crippen LogP contribution in [-0.2, 0) is 14.8 Å². The lowest BCUT2D eigenvalue weighted by Gasteiger charge is -2.38. The molecule has 2 fully saturated rings. The van der Waals surface area contributed by atoms with Gasteiger partial charge < -0.3 is 10.2 Å². The summed E-state index contributed by atoms with van der Waals surface area (Å²) < 4.78 is 27.5. The summed E-state index contributed by atoms with van der Waals surface area (Å²) in [5, 5.41) is 5.13. The van der Waals surface area contributed by atoms with Crippen molar-refractivity contribution in [3.8, 4) is 0 Å². The molecule has 2 aromatic rings. The third kappa shape index (κ3) is 3.89. The zero-order valence-corrected chi connectivity index (χ0v) is 17.5. The first-order chi connectivity index (χ1) is 13.0. The summed E-state index contributed by atoms with van der Waals surface area (Å²) in [6, 6.07) is 13.0. The monoisotopic (exact) mass is 423 g/mol. The summed E-state index contributed by atoms with van der Waals surface area (Å²) >= 11 is 0. The van der Waals surface area contributed by atoms with E-state index in [1.165, 1.54) is 4.31 Å². The van der Waals surface area contributed by atoms with Gasteiger partial charge in [0.2, 0.25) is 15.9 Å². The van der Waals surface area contributed by atoms with Crippen LogP contribution in [0.3, 0.4) is 0 Å². The summed E-state index contributed by atoms with van der Waals surface area (Å²) in [7, 11) is -3.55. The van der Waals surface area contributed by atoms with Gasteiger partial charge in [-0.3, -0.25) is 4.79 Å². The minimum atomic E-state index is -3.55. The number of hydrogen-bond acceptors (Lipinski definition) is 4. The maximum Gasteiger partial charge on any atom is 0.243 e. The van der Waals surface area contributed by atoms with Crippen LogP contribution in [0.4, 0.5) is 0 Å². The van der Waals surface area contributed by atoms with Crippen molar-refractivity contribution >= 4 is 39.1 Å². The third-order valence-corrected chi connectivity index (χ3v) is 7.71. The molecule has 2 aliphatic rings. The Bertz CT molecular complexity index is 954. The Morgan fingerprint density at radius 3 is 2.29 bits per heavy atom. The highest BCUT2D eigenvalue weighted by atomic mass is 35.5. The first kappa shape index (κ1) is 21.0. The van der Waals surface area contributed by atoms with E-state index in [1.807, 2.05) is 42.2 Å². The molecule has 1 atom stereocenters. The third-order valence-electron chi connectivity index (χ3n) is 5.82. The van der Waals surface area contributed by atoms with Crippen molar-refractivity contribution in [3.63, 3.8) is 0 Å². The highest BCUT2D eigenvalue weighted by Gasteiger charge is 2.35. The van der Waals surface area contributed by atoms with E-state index in [9.17, 15) is 13.2 Å². The smallest absolute Gasteiger partial charge is 0.243 e. The van der Waals surface area contributed by atoms with Gasteiger partial charge in [-0.1, -0.05) is 37.3 Å². The number of halogens is 1. The van der Waals surface area contributed by atoms with Crippen molar-refractivity contribution in [2.75, 3.05) is 39.3 Å². The van der Waals surface area contributed by atoms with E-state index >= 15 is 0 Å². The Morgan fingerprint density at radius 1 is 1.04 bits per heavy atom. The minimum absolute atomic E-state index is 0. The minimum Gasteiger partial charge on any atom is -0.340 e. The maximum atomic E-state index is 13.0. The van der Waals surface area contributed by atoms with E-state index in [4.69, 9.17) is 0 Å². The van der Waals surface area contributed by atoms with Crippen molar-refractivity contribution in [2.24, 2.45) is 11.8 Å². The summed E-state index contributed by atoms with van der Waals surface area (Å²) in [6.45, 7) is 5.36. The Hall–Kier alpha value is -1.67. The van der Waals surface area contributed by atoms with Crippen LogP contribution in [-0.4, -0.2) is 62.8 Å². The van der Waals surface area contributed by atoms with E-state index < -0.39 is 10.0 Å². The summed E-state index contributed by atoms with van der Waals surface area (Å²) in [5.41, 5.74) is 0. The maximum absolute atomic E-state index is 13.0. The lowest BCUT2D eigenvalue weighted by atomic mass is 9.88. The number of piperazine rings is 1. The molecule has 4 rings (SSSR count). The van der Waals surface area contributed by atoms with Crippen molar-refractivity contribution in [1.29, 1.82) is 0 Å². The number of sulfonamides is 1. The molecule has 1 N–H and O–H groups in total. The van der Waals surface area contributed by atoms with E-state index in [2.05, 4.69) is 5.32 Å². The molecule has 0 spiro atoms. The van der Waals surface area contributed by atoms with Gasteiger partial charge in [0.15, 0.2) is 0 Å². The van der Waals surface area contributed by atoms with Crippen LogP contribution in [0.25, 0.3) is 10.8 Å². The zero-order chi connectivity index (χ0) is 19.0. The van der Waals surface area contributed by atoms with Gasteiger partial charge in [-0.05, 0) is 41.9 Å². The summed E-state index contributed by atoms with van der Waals surface area (Å²) in [4.78, 5) is 14.8. The highest BCUT2D eigenvalue weighted by molar-refractivity contribution is 7.89. The molecule has 2 heterocycles. The van der Waals surface area contributed by atoms with E-state index in [-0.39, 0.29) is 24.2 Å². The molecule has 8 heteroatoms. The first-order valence-corrected chi connectivity index (χ1v) is 10.9. The van der Waals surface area contributed by atoms with E-state index in [0.29, 0.717) is 37.0 Å². The van der Waals surface area contributed by atoms with Gasteiger partial charge >= 0.3 is 0 Å². The predicted molar refractivity (Wildman–Crippen MR) is 112 cm³/mol. The van der Waals surface area contributed by atoms with Gasteiger partial charge in [0.25, 0.3) is 0 Å². The average Bonchev–Trinajstić information content (AvgIpc) is 2.65. The van der Waals surface area contributed by atoms with Crippen molar-refractivity contribution in [2.45, 2.75) is 11.8 Å². The Morgan fingerprint density at radius 2 is 1.68 bits per heavy atom. The van der Waals surface area contributed by atoms with Crippen LogP contribution in [0.1, 0.15) is 6.92 Å². The van der Waals surface area contributed by atoms with Gasteiger partial charge in [-0.15, -0.1) is 12.4 Å². The van der Waals surface area contributed by atoms with Crippen LogP contribution < -0.4 is 5.32 Å². The fourth-order valence-corrected chi connectivity index (χ4v) is 5.24. The fraction of sp³-hybridized carbons (Fsp3) is 0.450. The van der Waals surface area contributed by atoms with Crippen LogP contribution in [0.15, 0.2) is 47.4 Å². The second-order valence-electron chi connectivity index (χ2n) is 7.45. The topological polar surface area (TPSA) is 69.7 Å².